The standard InChI is InChI=1S/C11H18N2/c1-9(2)6-7-12-11-5-4-10(3)13-8-11/h4-5,8-9,12H,6-7H2,1-3H3. The van der Waals surface area contributed by atoms with Crippen LogP contribution in [0.5, 0.6) is 0 Å². The van der Waals surface area contributed by atoms with Crippen LogP contribution in [0.3, 0.4) is 0 Å². The molecule has 1 aromatic rings. The summed E-state index contributed by atoms with van der Waals surface area (Å²) in [5.74, 6) is 0.755. The number of aryl methyl sites for hydroxylation is 1. The molecule has 0 bridgehead atoms. The smallest absolute Gasteiger partial charge is 0.0526 e. The predicted octanol–water partition coefficient (Wildman–Crippen LogP) is 2.85. The maximum absolute atomic E-state index is 4.21. The van der Waals surface area contributed by atoms with Crippen molar-refractivity contribution < 1.29 is 0 Å². The van der Waals surface area contributed by atoms with Crippen LogP contribution in [-0.4, -0.2) is 11.5 Å². The molecule has 0 saturated heterocycles. The molecule has 0 aromatic carbocycles. The number of rotatable bonds is 4. The van der Waals surface area contributed by atoms with Gasteiger partial charge >= 0.3 is 0 Å². The van der Waals surface area contributed by atoms with Crippen LogP contribution in [0.15, 0.2) is 18.3 Å². The van der Waals surface area contributed by atoms with Gasteiger partial charge in [-0.05, 0) is 31.4 Å². The van der Waals surface area contributed by atoms with Crippen molar-refractivity contribution in [3.8, 4) is 0 Å². The van der Waals surface area contributed by atoms with E-state index in [-0.39, 0.29) is 0 Å². The van der Waals surface area contributed by atoms with Crippen LogP contribution in [0.1, 0.15) is 26.0 Å². The van der Waals surface area contributed by atoms with E-state index >= 15 is 0 Å². The summed E-state index contributed by atoms with van der Waals surface area (Å²) < 4.78 is 0. The minimum atomic E-state index is 0.755. The molecule has 0 fully saturated rings. The Kier molecular flexibility index (Phi) is 3.74. The molecular weight excluding hydrogens is 160 g/mol. The molecule has 1 N–H and O–H groups in total. The van der Waals surface area contributed by atoms with E-state index in [2.05, 4.69) is 30.2 Å². The van der Waals surface area contributed by atoms with Gasteiger partial charge in [-0.3, -0.25) is 4.98 Å². The van der Waals surface area contributed by atoms with E-state index in [9.17, 15) is 0 Å². The molecule has 0 saturated carbocycles. The quantitative estimate of drug-likeness (QED) is 0.766. The van der Waals surface area contributed by atoms with Crippen LogP contribution in [0.4, 0.5) is 5.69 Å². The van der Waals surface area contributed by atoms with Crippen molar-refractivity contribution in [1.82, 2.24) is 4.98 Å². The summed E-state index contributed by atoms with van der Waals surface area (Å²) in [7, 11) is 0. The SMILES string of the molecule is Cc1ccc(NCCC(C)C)cn1. The fourth-order valence-corrected chi connectivity index (χ4v) is 1.08. The number of hydrogen-bond donors (Lipinski definition) is 1. The molecule has 13 heavy (non-hydrogen) atoms. The average Bonchev–Trinajstić information content (AvgIpc) is 2.08. The summed E-state index contributed by atoms with van der Waals surface area (Å²) in [6, 6.07) is 4.10. The lowest BCUT2D eigenvalue weighted by atomic mass is 10.1. The first-order chi connectivity index (χ1) is 6.18. The highest BCUT2D eigenvalue weighted by Gasteiger charge is 1.94. The number of nitrogens with one attached hydrogen (secondary N) is 1. The van der Waals surface area contributed by atoms with Gasteiger partial charge in [-0.15, -0.1) is 0 Å². The zero-order chi connectivity index (χ0) is 9.68. The van der Waals surface area contributed by atoms with Crippen molar-refractivity contribution >= 4 is 5.69 Å². The van der Waals surface area contributed by atoms with Crippen molar-refractivity contribution in [1.29, 1.82) is 0 Å². The second-order valence-corrected chi connectivity index (χ2v) is 3.80. The van der Waals surface area contributed by atoms with Gasteiger partial charge in [-0.25, -0.2) is 0 Å². The first-order valence-corrected chi connectivity index (χ1v) is 4.85. The first-order valence-electron chi connectivity index (χ1n) is 4.85. The third-order valence-electron chi connectivity index (χ3n) is 1.96. The van der Waals surface area contributed by atoms with Crippen molar-refractivity contribution in [3.05, 3.63) is 24.0 Å². The Morgan fingerprint density at radius 1 is 1.38 bits per heavy atom. The summed E-state index contributed by atoms with van der Waals surface area (Å²) in [6.07, 6.45) is 3.09. The maximum Gasteiger partial charge on any atom is 0.0526 e. The van der Waals surface area contributed by atoms with E-state index in [0.717, 1.165) is 23.8 Å². The Hall–Kier alpha value is -1.05. The van der Waals surface area contributed by atoms with Crippen LogP contribution in [0, 0.1) is 12.8 Å². The topological polar surface area (TPSA) is 24.9 Å². The van der Waals surface area contributed by atoms with E-state index in [1.165, 1.54) is 6.42 Å². The normalized spacial score (nSPS) is 10.5. The molecular formula is C11H18N2. The van der Waals surface area contributed by atoms with Gasteiger partial charge in [0.05, 0.1) is 11.9 Å². The highest BCUT2D eigenvalue weighted by molar-refractivity contribution is 5.40. The number of aromatic nitrogens is 1. The van der Waals surface area contributed by atoms with Gasteiger partial charge in [0.2, 0.25) is 0 Å². The first kappa shape index (κ1) is 10.0. The molecule has 0 aliphatic heterocycles. The Bertz CT molecular complexity index is 239. The molecule has 0 radical (unpaired) electrons. The van der Waals surface area contributed by atoms with E-state index in [4.69, 9.17) is 0 Å². The molecule has 0 aliphatic rings. The van der Waals surface area contributed by atoms with Gasteiger partial charge in [-0.1, -0.05) is 13.8 Å². The van der Waals surface area contributed by atoms with Crippen LogP contribution < -0.4 is 5.32 Å². The second kappa shape index (κ2) is 4.85. The lowest BCUT2D eigenvalue weighted by Gasteiger charge is -2.07. The lowest BCUT2D eigenvalue weighted by molar-refractivity contribution is 0.607. The second-order valence-electron chi connectivity index (χ2n) is 3.80. The lowest BCUT2D eigenvalue weighted by Crippen LogP contribution is -2.04. The zero-order valence-electron chi connectivity index (χ0n) is 8.67. The Morgan fingerprint density at radius 3 is 2.69 bits per heavy atom. The minimum Gasteiger partial charge on any atom is -0.384 e. The van der Waals surface area contributed by atoms with Crippen LogP contribution in [0.2, 0.25) is 0 Å². The number of anilines is 1. The zero-order valence-corrected chi connectivity index (χ0v) is 8.67. The van der Waals surface area contributed by atoms with Gasteiger partial charge in [-0.2, -0.15) is 0 Å². The summed E-state index contributed by atoms with van der Waals surface area (Å²) in [4.78, 5) is 4.21. The number of hydrogen-bond acceptors (Lipinski definition) is 2. The molecule has 2 heteroatoms. The van der Waals surface area contributed by atoms with E-state index in [1.54, 1.807) is 0 Å². The molecule has 72 valence electrons. The Labute approximate surface area is 80.4 Å². The molecule has 0 aliphatic carbocycles. The van der Waals surface area contributed by atoms with Crippen LogP contribution in [0.25, 0.3) is 0 Å². The highest BCUT2D eigenvalue weighted by atomic mass is 14.9. The fourth-order valence-electron chi connectivity index (χ4n) is 1.08. The van der Waals surface area contributed by atoms with Crippen molar-refractivity contribution in [2.24, 2.45) is 5.92 Å². The number of pyridine rings is 1. The predicted molar refractivity (Wildman–Crippen MR) is 56.9 cm³/mol. The maximum atomic E-state index is 4.21. The van der Waals surface area contributed by atoms with Crippen molar-refractivity contribution in [2.45, 2.75) is 27.2 Å². The molecule has 0 unspecified atom stereocenters. The van der Waals surface area contributed by atoms with Gasteiger partial charge in [0.25, 0.3) is 0 Å². The molecule has 1 rings (SSSR count). The summed E-state index contributed by atoms with van der Waals surface area (Å²) in [6.45, 7) is 7.49. The Balaban J connectivity index is 2.33. The molecule has 0 spiro atoms. The summed E-state index contributed by atoms with van der Waals surface area (Å²) in [5.41, 5.74) is 2.18. The summed E-state index contributed by atoms with van der Waals surface area (Å²) in [5, 5.41) is 3.34. The average molecular weight is 178 g/mol. The van der Waals surface area contributed by atoms with E-state index in [0.29, 0.717) is 0 Å². The third-order valence-corrected chi connectivity index (χ3v) is 1.96. The largest absolute Gasteiger partial charge is 0.384 e. The van der Waals surface area contributed by atoms with E-state index in [1.807, 2.05) is 19.2 Å². The summed E-state index contributed by atoms with van der Waals surface area (Å²) >= 11 is 0. The minimum absolute atomic E-state index is 0.755. The van der Waals surface area contributed by atoms with Crippen LogP contribution >= 0.6 is 0 Å². The van der Waals surface area contributed by atoms with Crippen LogP contribution in [-0.2, 0) is 0 Å². The van der Waals surface area contributed by atoms with Gasteiger partial charge in [0.15, 0.2) is 0 Å². The third kappa shape index (κ3) is 3.92. The fraction of sp³-hybridized carbons (Fsp3) is 0.545. The number of nitrogens with zero attached hydrogens (tertiary/aromatic N) is 1. The van der Waals surface area contributed by atoms with Crippen molar-refractivity contribution in [2.75, 3.05) is 11.9 Å². The molecule has 0 amide bonds. The monoisotopic (exact) mass is 178 g/mol. The van der Waals surface area contributed by atoms with Gasteiger partial charge in [0, 0.05) is 12.2 Å². The van der Waals surface area contributed by atoms with Crippen molar-refractivity contribution in [3.63, 3.8) is 0 Å². The van der Waals surface area contributed by atoms with E-state index < -0.39 is 0 Å². The molecule has 2 nitrogen and oxygen atoms in total. The molecule has 1 heterocycles. The van der Waals surface area contributed by atoms with Gasteiger partial charge < -0.3 is 5.32 Å². The highest BCUT2D eigenvalue weighted by Crippen LogP contribution is 2.06. The Morgan fingerprint density at radius 2 is 2.15 bits per heavy atom. The molecule has 0 atom stereocenters. The van der Waals surface area contributed by atoms with Gasteiger partial charge in [0.1, 0.15) is 0 Å². The molecule has 1 aromatic heterocycles.